The molecule has 1 aromatic rings. The summed E-state index contributed by atoms with van der Waals surface area (Å²) in [5.41, 5.74) is 9.15. The number of rotatable bonds is 7. The van der Waals surface area contributed by atoms with Crippen LogP contribution in [0.1, 0.15) is 37.3 Å². The first-order valence-electron chi connectivity index (χ1n) is 7.16. The van der Waals surface area contributed by atoms with Crippen molar-refractivity contribution in [3.05, 3.63) is 35.4 Å². The van der Waals surface area contributed by atoms with Crippen molar-refractivity contribution in [2.45, 2.75) is 44.6 Å². The van der Waals surface area contributed by atoms with Gasteiger partial charge in [0, 0.05) is 18.6 Å². The van der Waals surface area contributed by atoms with E-state index >= 15 is 0 Å². The predicted octanol–water partition coefficient (Wildman–Crippen LogP) is 2.60. The van der Waals surface area contributed by atoms with Crippen LogP contribution < -0.4 is 5.73 Å². The number of benzene rings is 1. The number of hydrogen-bond acceptors (Lipinski definition) is 2. The fourth-order valence-corrected chi connectivity index (χ4v) is 2.42. The van der Waals surface area contributed by atoms with Gasteiger partial charge in [-0.1, -0.05) is 37.6 Å². The molecule has 1 aliphatic rings. The van der Waals surface area contributed by atoms with Crippen LogP contribution >= 0.6 is 0 Å². The zero-order chi connectivity index (χ0) is 13.0. The van der Waals surface area contributed by atoms with Crippen molar-refractivity contribution in [1.82, 2.24) is 4.90 Å². The third kappa shape index (κ3) is 4.11. The molecule has 18 heavy (non-hydrogen) atoms. The minimum absolute atomic E-state index is 0.139. The molecule has 2 rings (SSSR count). The van der Waals surface area contributed by atoms with Gasteiger partial charge in [-0.3, -0.25) is 0 Å². The average Bonchev–Trinajstić information content (AvgIpc) is 3.06. The smallest absolute Gasteiger partial charge is 0.0284 e. The first kappa shape index (κ1) is 13.6. The van der Waals surface area contributed by atoms with Crippen molar-refractivity contribution in [1.29, 1.82) is 0 Å². The summed E-state index contributed by atoms with van der Waals surface area (Å²) in [4.78, 5) is 2.37. The van der Waals surface area contributed by atoms with Gasteiger partial charge in [-0.15, -0.1) is 0 Å². The van der Waals surface area contributed by atoms with E-state index in [0.29, 0.717) is 0 Å². The van der Waals surface area contributed by atoms with E-state index in [1.54, 1.807) is 0 Å². The van der Waals surface area contributed by atoms with Gasteiger partial charge in [0.05, 0.1) is 0 Å². The van der Waals surface area contributed by atoms with Crippen molar-refractivity contribution in [2.75, 3.05) is 20.1 Å². The molecule has 0 heterocycles. The van der Waals surface area contributed by atoms with Gasteiger partial charge >= 0.3 is 0 Å². The van der Waals surface area contributed by atoms with Gasteiger partial charge in [-0.05, 0) is 43.9 Å². The Labute approximate surface area is 111 Å². The van der Waals surface area contributed by atoms with Crippen molar-refractivity contribution in [2.24, 2.45) is 5.73 Å². The molecule has 0 unspecified atom stereocenters. The average molecular weight is 246 g/mol. The predicted molar refractivity (Wildman–Crippen MR) is 77.8 cm³/mol. The van der Waals surface area contributed by atoms with Crippen molar-refractivity contribution < 1.29 is 0 Å². The van der Waals surface area contributed by atoms with E-state index in [-0.39, 0.29) is 5.54 Å². The number of aryl methyl sites for hydroxylation is 1. The Kier molecular flexibility index (Phi) is 4.41. The van der Waals surface area contributed by atoms with Crippen LogP contribution in [0.15, 0.2) is 24.3 Å². The minimum atomic E-state index is 0.139. The summed E-state index contributed by atoms with van der Waals surface area (Å²) in [7, 11) is 2.18. The van der Waals surface area contributed by atoms with Gasteiger partial charge in [0.15, 0.2) is 0 Å². The topological polar surface area (TPSA) is 29.3 Å². The Morgan fingerprint density at radius 2 is 1.67 bits per heavy atom. The highest BCUT2D eigenvalue weighted by Crippen LogP contribution is 2.32. The van der Waals surface area contributed by atoms with E-state index in [9.17, 15) is 0 Å². The SMILES string of the molecule is CCCc1ccc(CCN(C)CC2(N)CC2)cc1. The number of nitrogens with two attached hydrogens (primary N) is 1. The maximum absolute atomic E-state index is 6.13. The number of likely N-dealkylation sites (N-methyl/N-ethyl adjacent to an activating group) is 1. The van der Waals surface area contributed by atoms with E-state index in [1.807, 2.05) is 0 Å². The molecule has 0 amide bonds. The third-order valence-electron chi connectivity index (χ3n) is 3.82. The summed E-state index contributed by atoms with van der Waals surface area (Å²) in [5.74, 6) is 0. The zero-order valence-corrected chi connectivity index (χ0v) is 11.8. The summed E-state index contributed by atoms with van der Waals surface area (Å²) >= 11 is 0. The quantitative estimate of drug-likeness (QED) is 0.801. The van der Waals surface area contributed by atoms with E-state index in [1.165, 1.54) is 36.8 Å². The molecule has 0 aromatic heterocycles. The second-order valence-electron chi connectivity index (χ2n) is 5.92. The molecular weight excluding hydrogens is 220 g/mol. The molecular formula is C16H26N2. The highest BCUT2D eigenvalue weighted by atomic mass is 15.1. The Bertz CT molecular complexity index is 365. The molecule has 1 aromatic carbocycles. The van der Waals surface area contributed by atoms with Gasteiger partial charge in [0.25, 0.3) is 0 Å². The molecule has 0 spiro atoms. The van der Waals surface area contributed by atoms with Crippen LogP contribution in [0.3, 0.4) is 0 Å². The first-order chi connectivity index (χ1) is 8.61. The van der Waals surface area contributed by atoms with Crippen LogP contribution in [0.25, 0.3) is 0 Å². The second kappa shape index (κ2) is 5.85. The number of hydrogen-bond donors (Lipinski definition) is 1. The molecule has 0 radical (unpaired) electrons. The van der Waals surface area contributed by atoms with Crippen LogP contribution in [0.5, 0.6) is 0 Å². The molecule has 1 aliphatic carbocycles. The highest BCUT2D eigenvalue weighted by molar-refractivity contribution is 5.22. The second-order valence-corrected chi connectivity index (χ2v) is 5.92. The van der Waals surface area contributed by atoms with Gasteiger partial charge in [0.1, 0.15) is 0 Å². The lowest BCUT2D eigenvalue weighted by Crippen LogP contribution is -2.38. The summed E-state index contributed by atoms with van der Waals surface area (Å²) in [5, 5.41) is 0. The monoisotopic (exact) mass is 246 g/mol. The van der Waals surface area contributed by atoms with Crippen molar-refractivity contribution in [3.8, 4) is 0 Å². The standard InChI is InChI=1S/C16H26N2/c1-3-4-14-5-7-15(8-6-14)9-12-18(2)13-16(17)10-11-16/h5-8H,3-4,9-13,17H2,1-2H3. The maximum atomic E-state index is 6.13. The maximum Gasteiger partial charge on any atom is 0.0284 e. The first-order valence-corrected chi connectivity index (χ1v) is 7.16. The van der Waals surface area contributed by atoms with Crippen LogP contribution in [0, 0.1) is 0 Å². The van der Waals surface area contributed by atoms with Gasteiger partial charge in [-0.2, -0.15) is 0 Å². The Balaban J connectivity index is 1.75. The molecule has 1 fully saturated rings. The molecule has 2 N–H and O–H groups in total. The van der Waals surface area contributed by atoms with Gasteiger partial charge in [-0.25, -0.2) is 0 Å². The zero-order valence-electron chi connectivity index (χ0n) is 11.8. The molecule has 100 valence electrons. The van der Waals surface area contributed by atoms with Crippen LogP contribution in [0.4, 0.5) is 0 Å². The summed E-state index contributed by atoms with van der Waals surface area (Å²) in [6.45, 7) is 4.37. The van der Waals surface area contributed by atoms with Gasteiger partial charge in [0.2, 0.25) is 0 Å². The van der Waals surface area contributed by atoms with Gasteiger partial charge < -0.3 is 10.6 Å². The molecule has 0 aliphatic heterocycles. The molecule has 0 saturated heterocycles. The van der Waals surface area contributed by atoms with Crippen LogP contribution in [-0.2, 0) is 12.8 Å². The fraction of sp³-hybridized carbons (Fsp3) is 0.625. The third-order valence-corrected chi connectivity index (χ3v) is 3.82. The minimum Gasteiger partial charge on any atom is -0.324 e. The normalized spacial score (nSPS) is 17.1. The molecule has 2 heteroatoms. The lowest BCUT2D eigenvalue weighted by Gasteiger charge is -2.20. The van der Waals surface area contributed by atoms with E-state index in [4.69, 9.17) is 5.73 Å². The van der Waals surface area contributed by atoms with E-state index in [2.05, 4.69) is 43.1 Å². The lowest BCUT2D eigenvalue weighted by molar-refractivity contribution is 0.306. The number of nitrogens with zero attached hydrogens (tertiary/aromatic N) is 1. The lowest BCUT2D eigenvalue weighted by atomic mass is 10.1. The fourth-order valence-electron chi connectivity index (χ4n) is 2.42. The summed E-state index contributed by atoms with van der Waals surface area (Å²) in [6, 6.07) is 9.08. The van der Waals surface area contributed by atoms with Crippen LogP contribution in [-0.4, -0.2) is 30.6 Å². The summed E-state index contributed by atoms with van der Waals surface area (Å²) in [6.07, 6.45) is 5.93. The Morgan fingerprint density at radius 3 is 2.17 bits per heavy atom. The summed E-state index contributed by atoms with van der Waals surface area (Å²) < 4.78 is 0. The van der Waals surface area contributed by atoms with Crippen molar-refractivity contribution >= 4 is 0 Å². The Hall–Kier alpha value is -0.860. The van der Waals surface area contributed by atoms with E-state index in [0.717, 1.165) is 19.5 Å². The van der Waals surface area contributed by atoms with E-state index < -0.39 is 0 Å². The molecule has 2 nitrogen and oxygen atoms in total. The molecule has 0 atom stereocenters. The molecule has 1 saturated carbocycles. The molecule has 0 bridgehead atoms. The van der Waals surface area contributed by atoms with Crippen LogP contribution in [0.2, 0.25) is 0 Å². The largest absolute Gasteiger partial charge is 0.324 e. The highest BCUT2D eigenvalue weighted by Gasteiger charge is 2.38. The Morgan fingerprint density at radius 1 is 1.11 bits per heavy atom. The van der Waals surface area contributed by atoms with Crippen molar-refractivity contribution in [3.63, 3.8) is 0 Å².